The van der Waals surface area contributed by atoms with Crippen molar-refractivity contribution in [1.29, 1.82) is 0 Å². The minimum atomic E-state index is -0.896. The first-order chi connectivity index (χ1) is 20.8. The van der Waals surface area contributed by atoms with Crippen molar-refractivity contribution in [1.82, 2.24) is 29.7 Å². The number of imide groups is 1. The average Bonchev–Trinajstić information content (AvgIpc) is 3.73. The standard InChI is InChI=1S/C30H30ClN7O5/c1-30(2)42-23-20(15-37-21(39)14-33-29(37)40)41-27(24(23)43-30)38-16-34-22-25(35-28(31)36-26(22)38)32-13-19(17-9-5-3-6-10-17)18-11-7-4-8-12-18/h3-12,16,19-20,23-24,27H,13-15H2,1-2H3,(H,33,40)(H,32,35,36)/t20?,23-,24-,27?/m1/s1. The van der Waals surface area contributed by atoms with Gasteiger partial charge in [-0.05, 0) is 36.6 Å². The highest BCUT2D eigenvalue weighted by molar-refractivity contribution is 6.28. The van der Waals surface area contributed by atoms with Gasteiger partial charge in [-0.25, -0.2) is 9.78 Å². The second-order valence-electron chi connectivity index (χ2n) is 11.2. The van der Waals surface area contributed by atoms with Gasteiger partial charge in [-0.1, -0.05) is 60.7 Å². The van der Waals surface area contributed by atoms with E-state index in [1.165, 1.54) is 0 Å². The summed E-state index contributed by atoms with van der Waals surface area (Å²) in [5.41, 5.74) is 3.28. The Morgan fingerprint density at radius 3 is 2.35 bits per heavy atom. The number of rotatable bonds is 8. The van der Waals surface area contributed by atoms with E-state index in [4.69, 9.17) is 25.8 Å². The lowest BCUT2D eigenvalue weighted by Crippen LogP contribution is -2.43. The summed E-state index contributed by atoms with van der Waals surface area (Å²) in [6.45, 7) is 4.15. The molecule has 3 fully saturated rings. The molecular formula is C30H30ClN7O5. The number of aromatic nitrogens is 4. The van der Waals surface area contributed by atoms with Crippen LogP contribution < -0.4 is 10.6 Å². The molecule has 3 aliphatic heterocycles. The molecule has 12 nitrogen and oxygen atoms in total. The predicted octanol–water partition coefficient (Wildman–Crippen LogP) is 3.69. The van der Waals surface area contributed by atoms with Gasteiger partial charge in [0.2, 0.25) is 11.2 Å². The van der Waals surface area contributed by atoms with Gasteiger partial charge in [0, 0.05) is 12.5 Å². The Labute approximate surface area is 252 Å². The topological polar surface area (TPSA) is 133 Å². The summed E-state index contributed by atoms with van der Waals surface area (Å²) in [4.78, 5) is 39.3. The molecule has 7 rings (SSSR count). The molecule has 0 saturated carbocycles. The third-order valence-corrected chi connectivity index (χ3v) is 8.14. The third-order valence-electron chi connectivity index (χ3n) is 7.97. The van der Waals surface area contributed by atoms with Gasteiger partial charge in [-0.3, -0.25) is 14.3 Å². The maximum atomic E-state index is 12.3. The molecule has 5 heterocycles. The Morgan fingerprint density at radius 1 is 1.02 bits per heavy atom. The first-order valence-electron chi connectivity index (χ1n) is 14.1. The summed E-state index contributed by atoms with van der Waals surface area (Å²) >= 11 is 6.45. The summed E-state index contributed by atoms with van der Waals surface area (Å²) in [5.74, 6) is -0.684. The monoisotopic (exact) mass is 603 g/mol. The van der Waals surface area contributed by atoms with Crippen molar-refractivity contribution >= 4 is 40.5 Å². The van der Waals surface area contributed by atoms with E-state index in [1.807, 2.05) is 50.2 Å². The van der Waals surface area contributed by atoms with Crippen molar-refractivity contribution in [2.24, 2.45) is 0 Å². The molecule has 2 unspecified atom stereocenters. The van der Waals surface area contributed by atoms with E-state index in [9.17, 15) is 9.59 Å². The van der Waals surface area contributed by atoms with Crippen LogP contribution >= 0.6 is 11.6 Å². The third kappa shape index (κ3) is 5.20. The van der Waals surface area contributed by atoms with Crippen LogP contribution in [0.15, 0.2) is 67.0 Å². The van der Waals surface area contributed by atoms with Crippen LogP contribution in [0.1, 0.15) is 37.1 Å². The molecule has 3 amide bonds. The zero-order valence-corrected chi connectivity index (χ0v) is 24.3. The Kier molecular flexibility index (Phi) is 7.01. The van der Waals surface area contributed by atoms with Crippen molar-refractivity contribution in [2.45, 2.75) is 50.1 Å². The number of imidazole rings is 1. The average molecular weight is 604 g/mol. The van der Waals surface area contributed by atoms with E-state index >= 15 is 0 Å². The fourth-order valence-electron chi connectivity index (χ4n) is 6.05. The minimum Gasteiger partial charge on any atom is -0.367 e. The number of ether oxygens (including phenoxy) is 3. The molecule has 2 aromatic carbocycles. The number of anilines is 1. The van der Waals surface area contributed by atoms with Gasteiger partial charge in [0.15, 0.2) is 29.0 Å². The molecule has 0 radical (unpaired) electrons. The minimum absolute atomic E-state index is 0.0251. The number of urea groups is 1. The van der Waals surface area contributed by atoms with Gasteiger partial charge < -0.3 is 24.8 Å². The first kappa shape index (κ1) is 27.7. The molecule has 43 heavy (non-hydrogen) atoms. The van der Waals surface area contributed by atoms with E-state index in [0.29, 0.717) is 23.5 Å². The largest absolute Gasteiger partial charge is 0.367 e. The van der Waals surface area contributed by atoms with Crippen LogP contribution in [-0.4, -0.2) is 80.1 Å². The summed E-state index contributed by atoms with van der Waals surface area (Å²) < 4.78 is 20.6. The Bertz CT molecular complexity index is 1610. The van der Waals surface area contributed by atoms with E-state index < -0.39 is 36.4 Å². The van der Waals surface area contributed by atoms with Gasteiger partial charge in [0.05, 0.1) is 19.4 Å². The highest BCUT2D eigenvalue weighted by Crippen LogP contribution is 2.44. The fourth-order valence-corrected chi connectivity index (χ4v) is 6.21. The summed E-state index contributed by atoms with van der Waals surface area (Å²) in [6, 6.07) is 20.0. The maximum Gasteiger partial charge on any atom is 0.324 e. The molecule has 0 aliphatic carbocycles. The van der Waals surface area contributed by atoms with Gasteiger partial charge in [-0.15, -0.1) is 0 Å². The number of fused-ring (bicyclic) bond motifs is 2. The second-order valence-corrected chi connectivity index (χ2v) is 11.6. The van der Waals surface area contributed by atoms with Crippen LogP contribution in [0.5, 0.6) is 0 Å². The number of benzene rings is 2. The number of nitrogens with zero attached hydrogens (tertiary/aromatic N) is 5. The molecule has 13 heteroatoms. The smallest absolute Gasteiger partial charge is 0.324 e. The van der Waals surface area contributed by atoms with Crippen LogP contribution in [0.25, 0.3) is 11.2 Å². The molecule has 4 atom stereocenters. The maximum absolute atomic E-state index is 12.3. The molecular weight excluding hydrogens is 574 g/mol. The summed E-state index contributed by atoms with van der Waals surface area (Å²) in [6.07, 6.45) is -0.814. The number of carbonyl (C=O) groups excluding carboxylic acids is 2. The first-order valence-corrected chi connectivity index (χ1v) is 14.5. The Morgan fingerprint density at radius 2 is 1.70 bits per heavy atom. The lowest BCUT2D eigenvalue weighted by molar-refractivity contribution is -0.197. The van der Waals surface area contributed by atoms with Gasteiger partial charge in [-0.2, -0.15) is 9.97 Å². The van der Waals surface area contributed by atoms with Crippen molar-refractivity contribution in [3.8, 4) is 0 Å². The molecule has 222 valence electrons. The number of hydrogen-bond acceptors (Lipinski definition) is 9. The quantitative estimate of drug-likeness (QED) is 0.228. The molecule has 0 spiro atoms. The van der Waals surface area contributed by atoms with Crippen LogP contribution in [0.3, 0.4) is 0 Å². The number of nitrogens with one attached hydrogen (secondary N) is 2. The number of amides is 3. The highest BCUT2D eigenvalue weighted by atomic mass is 35.5. The lowest BCUT2D eigenvalue weighted by atomic mass is 9.91. The molecule has 4 aromatic rings. The van der Waals surface area contributed by atoms with E-state index in [2.05, 4.69) is 49.9 Å². The van der Waals surface area contributed by atoms with Crippen molar-refractivity contribution in [3.63, 3.8) is 0 Å². The van der Waals surface area contributed by atoms with Crippen LogP contribution in [-0.2, 0) is 19.0 Å². The van der Waals surface area contributed by atoms with Crippen LogP contribution in [0, 0.1) is 0 Å². The molecule has 3 aliphatic rings. The Hall–Kier alpha value is -4.10. The zero-order chi connectivity index (χ0) is 29.7. The predicted molar refractivity (Wildman–Crippen MR) is 156 cm³/mol. The van der Waals surface area contributed by atoms with E-state index in [1.54, 1.807) is 10.9 Å². The SMILES string of the molecule is CC1(C)O[C@@H]2C(CN3C(=O)CNC3=O)OC(n3cnc4c(NCC(c5ccccc5)c5ccccc5)nc(Cl)nc43)[C@@H]2O1. The Balaban J connectivity index is 1.19. The van der Waals surface area contributed by atoms with Crippen LogP contribution in [0.4, 0.5) is 10.6 Å². The van der Waals surface area contributed by atoms with E-state index in [-0.39, 0.29) is 30.2 Å². The van der Waals surface area contributed by atoms with Crippen molar-refractivity contribution in [2.75, 3.05) is 25.0 Å². The normalized spacial score (nSPS) is 24.6. The highest BCUT2D eigenvalue weighted by Gasteiger charge is 2.57. The van der Waals surface area contributed by atoms with Crippen molar-refractivity contribution in [3.05, 3.63) is 83.4 Å². The lowest BCUT2D eigenvalue weighted by Gasteiger charge is -2.26. The zero-order valence-electron chi connectivity index (χ0n) is 23.5. The fraction of sp³-hybridized carbons (Fsp3) is 0.367. The number of halogens is 1. The van der Waals surface area contributed by atoms with Gasteiger partial charge >= 0.3 is 6.03 Å². The number of carbonyl (C=O) groups is 2. The second kappa shape index (κ2) is 10.9. The van der Waals surface area contributed by atoms with Crippen molar-refractivity contribution < 1.29 is 23.8 Å². The summed E-state index contributed by atoms with van der Waals surface area (Å²) in [5, 5.41) is 6.04. The van der Waals surface area contributed by atoms with Gasteiger partial charge in [0.25, 0.3) is 0 Å². The molecule has 3 saturated heterocycles. The van der Waals surface area contributed by atoms with E-state index in [0.717, 1.165) is 16.0 Å². The number of hydrogen-bond donors (Lipinski definition) is 2. The molecule has 2 aromatic heterocycles. The molecule has 2 N–H and O–H groups in total. The summed E-state index contributed by atoms with van der Waals surface area (Å²) in [7, 11) is 0. The van der Waals surface area contributed by atoms with Crippen LogP contribution in [0.2, 0.25) is 5.28 Å². The molecule has 0 bridgehead atoms. The van der Waals surface area contributed by atoms with Gasteiger partial charge in [0.1, 0.15) is 18.3 Å².